The molecule has 7 nitrogen and oxygen atoms in total. The molecule has 2 heterocycles. The van der Waals surface area contributed by atoms with Crippen LogP contribution >= 0.6 is 0 Å². The molecule has 4 N–H and O–H groups in total. The summed E-state index contributed by atoms with van der Waals surface area (Å²) in [4.78, 5) is 18.2. The third kappa shape index (κ3) is 5.04. The molecule has 180 valence electrons. The molecule has 0 fully saturated rings. The summed E-state index contributed by atoms with van der Waals surface area (Å²) in [5.41, 5.74) is 12.4. The predicted molar refractivity (Wildman–Crippen MR) is 142 cm³/mol. The topological polar surface area (TPSA) is 104 Å². The van der Waals surface area contributed by atoms with E-state index in [1.807, 2.05) is 71.6 Å². The van der Waals surface area contributed by atoms with Crippen LogP contribution in [0.3, 0.4) is 0 Å². The second-order valence-corrected chi connectivity index (χ2v) is 8.56. The molecule has 2 aromatic heterocycles. The quantitative estimate of drug-likeness (QED) is 0.166. The number of hydrazone groups is 1. The van der Waals surface area contributed by atoms with E-state index >= 15 is 0 Å². The smallest absolute Gasteiger partial charge is 0.333 e. The lowest BCUT2D eigenvalue weighted by molar-refractivity contribution is 0.672. The SMILES string of the molecule is CCCCc1cn(-c2ccccc2CC)c(=O)n1Cc1ccc(-c2ccccc2/C(N)=N/N)nc1. The lowest BCUT2D eigenvalue weighted by atomic mass is 10.0. The normalized spacial score (nSPS) is 11.7. The summed E-state index contributed by atoms with van der Waals surface area (Å²) in [5.74, 6) is 5.65. The van der Waals surface area contributed by atoms with Gasteiger partial charge in [0.2, 0.25) is 0 Å². The molecule has 0 aliphatic heterocycles. The van der Waals surface area contributed by atoms with E-state index in [-0.39, 0.29) is 11.5 Å². The summed E-state index contributed by atoms with van der Waals surface area (Å²) in [6.45, 7) is 4.73. The second kappa shape index (κ2) is 10.9. The van der Waals surface area contributed by atoms with Crippen molar-refractivity contribution in [3.63, 3.8) is 0 Å². The Hall–Kier alpha value is -4.13. The number of hydrogen-bond donors (Lipinski definition) is 2. The minimum absolute atomic E-state index is 0.0293. The number of aromatic nitrogens is 3. The van der Waals surface area contributed by atoms with E-state index in [1.165, 1.54) is 0 Å². The van der Waals surface area contributed by atoms with Crippen LogP contribution in [-0.2, 0) is 19.4 Å². The van der Waals surface area contributed by atoms with Crippen LogP contribution in [0.5, 0.6) is 0 Å². The number of rotatable bonds is 9. The maximum absolute atomic E-state index is 13.5. The molecule has 0 radical (unpaired) electrons. The molecule has 0 aliphatic carbocycles. The molecule has 7 heteroatoms. The first-order valence-electron chi connectivity index (χ1n) is 12.0. The van der Waals surface area contributed by atoms with E-state index in [9.17, 15) is 4.79 Å². The molecule has 4 aromatic rings. The highest BCUT2D eigenvalue weighted by molar-refractivity contribution is 6.02. The summed E-state index contributed by atoms with van der Waals surface area (Å²) in [7, 11) is 0. The first-order valence-corrected chi connectivity index (χ1v) is 12.0. The Bertz CT molecular complexity index is 1380. The van der Waals surface area contributed by atoms with Crippen molar-refractivity contribution in [3.05, 3.63) is 106 Å². The third-order valence-electron chi connectivity index (χ3n) is 6.26. The Morgan fingerprint density at radius 3 is 2.51 bits per heavy atom. The summed E-state index contributed by atoms with van der Waals surface area (Å²) < 4.78 is 3.66. The second-order valence-electron chi connectivity index (χ2n) is 8.56. The zero-order valence-electron chi connectivity index (χ0n) is 20.3. The van der Waals surface area contributed by atoms with Gasteiger partial charge >= 0.3 is 5.69 Å². The number of unbranched alkanes of at least 4 members (excludes halogenated alkanes) is 1. The number of nitrogens with two attached hydrogens (primary N) is 2. The number of aryl methyl sites for hydroxylation is 2. The van der Waals surface area contributed by atoms with Crippen molar-refractivity contribution in [2.75, 3.05) is 0 Å². The highest BCUT2D eigenvalue weighted by Crippen LogP contribution is 2.22. The number of nitrogens with zero attached hydrogens (tertiary/aromatic N) is 4. The van der Waals surface area contributed by atoms with E-state index < -0.39 is 0 Å². The number of pyridine rings is 1. The van der Waals surface area contributed by atoms with Gasteiger partial charge in [0.15, 0.2) is 5.84 Å². The molecule has 0 spiro atoms. The number of para-hydroxylation sites is 1. The van der Waals surface area contributed by atoms with Gasteiger partial charge < -0.3 is 11.6 Å². The van der Waals surface area contributed by atoms with Gasteiger partial charge in [-0.15, -0.1) is 0 Å². The van der Waals surface area contributed by atoms with Crippen molar-refractivity contribution < 1.29 is 0 Å². The summed E-state index contributed by atoms with van der Waals surface area (Å²) >= 11 is 0. The largest absolute Gasteiger partial charge is 0.382 e. The monoisotopic (exact) mass is 468 g/mol. The molecule has 4 rings (SSSR count). The van der Waals surface area contributed by atoms with Crippen LogP contribution in [0.2, 0.25) is 0 Å². The molecule has 0 bridgehead atoms. The zero-order valence-corrected chi connectivity index (χ0v) is 20.3. The van der Waals surface area contributed by atoms with E-state index in [0.29, 0.717) is 6.54 Å². The lowest BCUT2D eigenvalue weighted by Gasteiger charge is -2.10. The highest BCUT2D eigenvalue weighted by atomic mass is 16.1. The summed E-state index contributed by atoms with van der Waals surface area (Å²) in [6, 6.07) is 19.6. The van der Waals surface area contributed by atoms with Gasteiger partial charge in [-0.3, -0.25) is 14.1 Å². The minimum Gasteiger partial charge on any atom is -0.382 e. The maximum Gasteiger partial charge on any atom is 0.333 e. The van der Waals surface area contributed by atoms with Crippen molar-refractivity contribution in [1.82, 2.24) is 14.1 Å². The first-order chi connectivity index (χ1) is 17.1. The van der Waals surface area contributed by atoms with Gasteiger partial charge in [-0.1, -0.05) is 68.8 Å². The fourth-order valence-corrected chi connectivity index (χ4v) is 4.33. The number of hydrogen-bond acceptors (Lipinski definition) is 4. The van der Waals surface area contributed by atoms with Gasteiger partial charge in [0.1, 0.15) is 0 Å². The van der Waals surface area contributed by atoms with Crippen molar-refractivity contribution >= 4 is 5.84 Å². The molecule has 0 unspecified atom stereocenters. The molecule has 0 amide bonds. The van der Waals surface area contributed by atoms with Gasteiger partial charge in [-0.25, -0.2) is 4.79 Å². The van der Waals surface area contributed by atoms with Crippen LogP contribution in [0.15, 0.2) is 83.0 Å². The summed E-state index contributed by atoms with van der Waals surface area (Å²) in [5, 5.41) is 3.63. The highest BCUT2D eigenvalue weighted by Gasteiger charge is 2.15. The third-order valence-corrected chi connectivity index (χ3v) is 6.26. The fraction of sp³-hybridized carbons (Fsp3) is 0.250. The average molecular weight is 469 g/mol. The van der Waals surface area contributed by atoms with Crippen molar-refractivity contribution in [2.45, 2.75) is 46.1 Å². The fourth-order valence-electron chi connectivity index (χ4n) is 4.33. The standard InChI is InChI=1S/C28H32N6O/c1-3-5-11-22-19-34(26-14-9-6-10-21(26)4-2)28(35)33(22)18-20-15-16-25(31-17-20)23-12-7-8-13-24(23)27(29)32-30/h6-10,12-17,19H,3-5,11,18,30H2,1-2H3,(H2,29,32). The number of imidazole rings is 1. The lowest BCUT2D eigenvalue weighted by Crippen LogP contribution is -2.25. The van der Waals surface area contributed by atoms with Gasteiger partial charge in [-0.05, 0) is 42.5 Å². The molecule has 0 saturated heterocycles. The molecular weight excluding hydrogens is 436 g/mol. The molecule has 0 aliphatic rings. The van der Waals surface area contributed by atoms with Gasteiger partial charge in [0, 0.05) is 29.2 Å². The zero-order chi connectivity index (χ0) is 24.8. The van der Waals surface area contributed by atoms with Gasteiger partial charge in [0.25, 0.3) is 0 Å². The molecule has 2 aromatic carbocycles. The first kappa shape index (κ1) is 24.0. The van der Waals surface area contributed by atoms with E-state index in [4.69, 9.17) is 11.6 Å². The van der Waals surface area contributed by atoms with Crippen molar-refractivity contribution in [2.24, 2.45) is 16.7 Å². The number of benzene rings is 2. The Morgan fingerprint density at radius 1 is 1.03 bits per heavy atom. The Balaban J connectivity index is 1.69. The van der Waals surface area contributed by atoms with Gasteiger partial charge in [-0.2, -0.15) is 5.10 Å². The minimum atomic E-state index is -0.0293. The van der Waals surface area contributed by atoms with Crippen LogP contribution in [0.1, 0.15) is 49.1 Å². The molecule has 0 atom stereocenters. The van der Waals surface area contributed by atoms with Crippen LogP contribution in [-0.4, -0.2) is 20.0 Å². The van der Waals surface area contributed by atoms with E-state index in [0.717, 1.165) is 65.0 Å². The van der Waals surface area contributed by atoms with Crippen LogP contribution in [0.4, 0.5) is 0 Å². The average Bonchev–Trinajstić information content (AvgIpc) is 3.21. The molecule has 0 saturated carbocycles. The molecule has 35 heavy (non-hydrogen) atoms. The van der Waals surface area contributed by atoms with E-state index in [1.54, 1.807) is 4.57 Å². The summed E-state index contributed by atoms with van der Waals surface area (Å²) in [6.07, 6.45) is 7.62. The predicted octanol–water partition coefficient (Wildman–Crippen LogP) is 4.23. The van der Waals surface area contributed by atoms with Crippen LogP contribution in [0, 0.1) is 0 Å². The van der Waals surface area contributed by atoms with Gasteiger partial charge in [0.05, 0.1) is 17.9 Å². The maximum atomic E-state index is 13.5. The number of amidine groups is 1. The van der Waals surface area contributed by atoms with E-state index in [2.05, 4.69) is 30.0 Å². The van der Waals surface area contributed by atoms with Crippen molar-refractivity contribution in [1.29, 1.82) is 0 Å². The molecular formula is C28H32N6O. The van der Waals surface area contributed by atoms with Crippen molar-refractivity contribution in [3.8, 4) is 16.9 Å². The van der Waals surface area contributed by atoms with Crippen LogP contribution < -0.4 is 17.3 Å². The Kier molecular flexibility index (Phi) is 7.45. The van der Waals surface area contributed by atoms with Crippen LogP contribution in [0.25, 0.3) is 16.9 Å². The Labute approximate surface area is 205 Å². The Morgan fingerprint density at radius 2 is 1.80 bits per heavy atom.